The van der Waals surface area contributed by atoms with Crippen LogP contribution in [-0.2, 0) is 4.74 Å². The van der Waals surface area contributed by atoms with Crippen LogP contribution >= 0.6 is 0 Å². The van der Waals surface area contributed by atoms with Gasteiger partial charge >= 0.3 is 0 Å². The Balaban J connectivity index is 2.04. The fourth-order valence-corrected chi connectivity index (χ4v) is 2.09. The molecule has 2 nitrogen and oxygen atoms in total. The van der Waals surface area contributed by atoms with Gasteiger partial charge in [-0.05, 0) is 5.56 Å². The van der Waals surface area contributed by atoms with Crippen molar-refractivity contribution in [2.45, 2.75) is 0 Å². The zero-order valence-electron chi connectivity index (χ0n) is 11.1. The molecule has 0 saturated carbocycles. The van der Waals surface area contributed by atoms with Crippen molar-refractivity contribution in [2.75, 3.05) is 6.54 Å². The van der Waals surface area contributed by atoms with E-state index in [1.165, 1.54) is 0 Å². The molecule has 0 fully saturated rings. The lowest BCUT2D eigenvalue weighted by Crippen LogP contribution is -1.97. The molecule has 2 aromatic rings. The van der Waals surface area contributed by atoms with E-state index >= 15 is 0 Å². The molecule has 98 valence electrons. The Kier molecular flexibility index (Phi) is 3.46. The van der Waals surface area contributed by atoms with Crippen molar-refractivity contribution in [1.82, 2.24) is 0 Å². The van der Waals surface area contributed by atoms with Crippen molar-refractivity contribution in [3.8, 4) is 0 Å². The number of hydrogen-bond acceptors (Lipinski definition) is 2. The molecule has 3 rings (SSSR count). The largest absolute Gasteiger partial charge is 0.460 e. The Morgan fingerprint density at radius 2 is 1.45 bits per heavy atom. The SMILES string of the molecule is C=C1CN=C(c2ccccc2)C=C(c2ccccc2)O1. The second kappa shape index (κ2) is 5.57. The molecule has 0 aromatic heterocycles. The Hall–Kier alpha value is -2.61. The van der Waals surface area contributed by atoms with E-state index in [1.807, 2.05) is 66.7 Å². The summed E-state index contributed by atoms with van der Waals surface area (Å²) in [6.45, 7) is 4.39. The van der Waals surface area contributed by atoms with Gasteiger partial charge in [0.15, 0.2) is 0 Å². The van der Waals surface area contributed by atoms with Crippen LogP contribution in [0.15, 0.2) is 84.1 Å². The van der Waals surface area contributed by atoms with E-state index in [-0.39, 0.29) is 0 Å². The standard InChI is InChI=1S/C18H15NO/c1-14-13-19-17(15-8-4-2-5-9-15)12-18(20-14)16-10-6-3-7-11-16/h2-12H,1,13H2. The number of benzene rings is 2. The van der Waals surface area contributed by atoms with Crippen LogP contribution in [-0.4, -0.2) is 12.3 Å². The van der Waals surface area contributed by atoms with E-state index in [2.05, 4.69) is 11.6 Å². The molecule has 1 aliphatic heterocycles. The molecule has 0 atom stereocenters. The van der Waals surface area contributed by atoms with Gasteiger partial charge in [0.1, 0.15) is 11.5 Å². The molecule has 0 N–H and O–H groups in total. The molecule has 1 aliphatic rings. The van der Waals surface area contributed by atoms with Crippen molar-refractivity contribution in [1.29, 1.82) is 0 Å². The molecule has 0 saturated heterocycles. The fourth-order valence-electron chi connectivity index (χ4n) is 2.09. The predicted molar refractivity (Wildman–Crippen MR) is 82.5 cm³/mol. The Bertz CT molecular complexity index is 669. The van der Waals surface area contributed by atoms with Gasteiger partial charge in [-0.25, -0.2) is 0 Å². The number of nitrogens with zero attached hydrogens (tertiary/aromatic N) is 1. The third-order valence-electron chi connectivity index (χ3n) is 3.08. The molecule has 2 aromatic carbocycles. The van der Waals surface area contributed by atoms with Crippen molar-refractivity contribution >= 4 is 11.5 Å². The molecule has 0 amide bonds. The number of rotatable bonds is 2. The molecule has 0 aliphatic carbocycles. The van der Waals surface area contributed by atoms with Crippen LogP contribution in [0, 0.1) is 0 Å². The van der Waals surface area contributed by atoms with Gasteiger partial charge in [-0.3, -0.25) is 4.99 Å². The van der Waals surface area contributed by atoms with Gasteiger partial charge in [-0.15, -0.1) is 0 Å². The van der Waals surface area contributed by atoms with Crippen molar-refractivity contribution in [3.05, 3.63) is 90.2 Å². The Morgan fingerprint density at radius 3 is 2.10 bits per heavy atom. The van der Waals surface area contributed by atoms with Crippen molar-refractivity contribution in [3.63, 3.8) is 0 Å². The molecule has 0 bridgehead atoms. The maximum absolute atomic E-state index is 5.80. The van der Waals surface area contributed by atoms with Crippen LogP contribution in [0.4, 0.5) is 0 Å². The van der Waals surface area contributed by atoms with Crippen LogP contribution in [0.2, 0.25) is 0 Å². The Labute approximate surface area is 118 Å². The molecule has 2 heteroatoms. The second-order valence-electron chi connectivity index (χ2n) is 4.58. The van der Waals surface area contributed by atoms with Gasteiger partial charge in [0.2, 0.25) is 0 Å². The van der Waals surface area contributed by atoms with Gasteiger partial charge in [0.05, 0.1) is 12.3 Å². The maximum atomic E-state index is 5.80. The van der Waals surface area contributed by atoms with Crippen LogP contribution in [0.1, 0.15) is 11.1 Å². The van der Waals surface area contributed by atoms with Gasteiger partial charge < -0.3 is 4.74 Å². The van der Waals surface area contributed by atoms with E-state index in [1.54, 1.807) is 0 Å². The lowest BCUT2D eigenvalue weighted by Gasteiger charge is -2.08. The molecule has 1 heterocycles. The maximum Gasteiger partial charge on any atom is 0.136 e. The normalized spacial score (nSPS) is 14.9. The quantitative estimate of drug-likeness (QED) is 0.798. The van der Waals surface area contributed by atoms with Crippen molar-refractivity contribution in [2.24, 2.45) is 4.99 Å². The molecular weight excluding hydrogens is 246 g/mol. The molecule has 0 unspecified atom stereocenters. The van der Waals surface area contributed by atoms with E-state index in [0.29, 0.717) is 12.3 Å². The minimum absolute atomic E-state index is 0.483. The number of ether oxygens (including phenoxy) is 1. The second-order valence-corrected chi connectivity index (χ2v) is 4.58. The molecular formula is C18H15NO. The topological polar surface area (TPSA) is 21.6 Å². The van der Waals surface area contributed by atoms with E-state index < -0.39 is 0 Å². The van der Waals surface area contributed by atoms with E-state index in [4.69, 9.17) is 4.74 Å². The third-order valence-corrected chi connectivity index (χ3v) is 3.08. The summed E-state index contributed by atoms with van der Waals surface area (Å²) in [4.78, 5) is 4.57. The first kappa shape index (κ1) is 12.4. The first-order chi connectivity index (χ1) is 9.83. The smallest absolute Gasteiger partial charge is 0.136 e. The third kappa shape index (κ3) is 2.69. The van der Waals surface area contributed by atoms with E-state index in [9.17, 15) is 0 Å². The van der Waals surface area contributed by atoms with Crippen LogP contribution in [0.5, 0.6) is 0 Å². The van der Waals surface area contributed by atoms with Gasteiger partial charge in [-0.1, -0.05) is 67.2 Å². The molecule has 0 spiro atoms. The highest BCUT2D eigenvalue weighted by Crippen LogP contribution is 2.22. The summed E-state index contributed by atoms with van der Waals surface area (Å²) in [6.07, 6.45) is 1.98. The van der Waals surface area contributed by atoms with E-state index in [0.717, 1.165) is 22.6 Å². The number of allylic oxidation sites excluding steroid dienone is 1. The summed E-state index contributed by atoms with van der Waals surface area (Å²) in [6, 6.07) is 20.1. The fraction of sp³-hybridized carbons (Fsp3) is 0.0556. The van der Waals surface area contributed by atoms with Crippen LogP contribution in [0.3, 0.4) is 0 Å². The average Bonchev–Trinajstić information content (AvgIpc) is 2.71. The summed E-state index contributed by atoms with van der Waals surface area (Å²) in [5.74, 6) is 1.45. The van der Waals surface area contributed by atoms with Crippen LogP contribution in [0.25, 0.3) is 5.76 Å². The molecule has 20 heavy (non-hydrogen) atoms. The minimum Gasteiger partial charge on any atom is -0.460 e. The average molecular weight is 261 g/mol. The highest BCUT2D eigenvalue weighted by Gasteiger charge is 2.12. The Morgan fingerprint density at radius 1 is 0.850 bits per heavy atom. The highest BCUT2D eigenvalue weighted by molar-refractivity contribution is 6.12. The van der Waals surface area contributed by atoms with Crippen molar-refractivity contribution < 1.29 is 4.74 Å². The van der Waals surface area contributed by atoms with Gasteiger partial charge in [-0.2, -0.15) is 0 Å². The van der Waals surface area contributed by atoms with Gasteiger partial charge in [0, 0.05) is 11.6 Å². The summed E-state index contributed by atoms with van der Waals surface area (Å²) in [5, 5.41) is 0. The minimum atomic E-state index is 0.483. The summed E-state index contributed by atoms with van der Waals surface area (Å²) >= 11 is 0. The monoisotopic (exact) mass is 261 g/mol. The van der Waals surface area contributed by atoms with Crippen LogP contribution < -0.4 is 0 Å². The first-order valence-corrected chi connectivity index (χ1v) is 6.55. The zero-order valence-corrected chi connectivity index (χ0v) is 11.1. The van der Waals surface area contributed by atoms with Gasteiger partial charge in [0.25, 0.3) is 0 Å². The summed E-state index contributed by atoms with van der Waals surface area (Å²) in [5.41, 5.74) is 3.03. The molecule has 0 radical (unpaired) electrons. The zero-order chi connectivity index (χ0) is 13.8. The summed E-state index contributed by atoms with van der Waals surface area (Å²) < 4.78 is 5.80. The number of aliphatic imine (C=N–C) groups is 1. The highest BCUT2D eigenvalue weighted by atomic mass is 16.5. The number of hydrogen-bond donors (Lipinski definition) is 0. The first-order valence-electron chi connectivity index (χ1n) is 6.55. The lowest BCUT2D eigenvalue weighted by atomic mass is 10.1. The predicted octanol–water partition coefficient (Wildman–Crippen LogP) is 4.06. The lowest BCUT2D eigenvalue weighted by molar-refractivity contribution is 0.381. The summed E-state index contributed by atoms with van der Waals surface area (Å²) in [7, 11) is 0.